The van der Waals surface area contributed by atoms with E-state index in [2.05, 4.69) is 37.8 Å². The van der Waals surface area contributed by atoms with Crippen molar-refractivity contribution in [2.24, 2.45) is 0 Å². The van der Waals surface area contributed by atoms with Crippen LogP contribution in [0.4, 0.5) is 0 Å². The van der Waals surface area contributed by atoms with Crippen LogP contribution in [-0.2, 0) is 4.74 Å². The monoisotopic (exact) mass is 352 g/mol. The molecule has 100 valence electrons. The summed E-state index contributed by atoms with van der Waals surface area (Å²) in [6, 6.07) is 0.841. The topological polar surface area (TPSA) is 15.7 Å². The van der Waals surface area contributed by atoms with Crippen LogP contribution >= 0.6 is 22.9 Å². The van der Waals surface area contributed by atoms with E-state index in [9.17, 15) is 0 Å². The van der Waals surface area contributed by atoms with Gasteiger partial charge in [-0.15, -0.1) is 0 Å². The average Bonchev–Trinajstić information content (AvgIpc) is 2.38. The lowest BCUT2D eigenvalue weighted by atomic mass is 10.00. The van der Waals surface area contributed by atoms with Gasteiger partial charge >= 0.3 is 0 Å². The summed E-state index contributed by atoms with van der Waals surface area (Å²) in [5, 5.41) is 0. The molecule has 17 heavy (non-hydrogen) atoms. The minimum Gasteiger partial charge on any atom is -0.378 e. The van der Waals surface area contributed by atoms with E-state index in [4.69, 9.17) is 4.74 Å². The predicted octanol–water partition coefficient (Wildman–Crippen LogP) is 2.69. The van der Waals surface area contributed by atoms with Crippen LogP contribution in [0.1, 0.15) is 39.0 Å². The highest BCUT2D eigenvalue weighted by Crippen LogP contribution is 2.23. The zero-order valence-electron chi connectivity index (χ0n) is 10.9. The Balaban J connectivity index is 1.68. The van der Waals surface area contributed by atoms with Crippen LogP contribution < -0.4 is 0 Å². The van der Waals surface area contributed by atoms with Gasteiger partial charge < -0.3 is 9.64 Å². The molecule has 0 radical (unpaired) electrons. The molecule has 2 saturated heterocycles. The number of hydrogen-bond acceptors (Lipinski definition) is 3. The highest BCUT2D eigenvalue weighted by Gasteiger charge is 2.27. The Kier molecular flexibility index (Phi) is 5.99. The van der Waals surface area contributed by atoms with Crippen LogP contribution in [0.5, 0.6) is 0 Å². The van der Waals surface area contributed by atoms with Crippen LogP contribution in [0.3, 0.4) is 0 Å². The van der Waals surface area contributed by atoms with Crippen molar-refractivity contribution >= 4 is 22.9 Å². The smallest absolute Gasteiger partial charge is 0.0599 e. The van der Waals surface area contributed by atoms with Gasteiger partial charge in [0.15, 0.2) is 0 Å². The van der Waals surface area contributed by atoms with E-state index in [1.54, 1.807) is 0 Å². The van der Waals surface area contributed by atoms with Gasteiger partial charge in [0, 0.05) is 61.7 Å². The van der Waals surface area contributed by atoms with Gasteiger partial charge in [-0.3, -0.25) is 0 Å². The normalized spacial score (nSPS) is 26.5. The fourth-order valence-electron chi connectivity index (χ4n) is 2.89. The summed E-state index contributed by atoms with van der Waals surface area (Å²) in [5.41, 5.74) is 0. The molecule has 0 N–H and O–H groups in total. The van der Waals surface area contributed by atoms with Crippen molar-refractivity contribution in [3.05, 3.63) is 0 Å². The summed E-state index contributed by atoms with van der Waals surface area (Å²) in [6.07, 6.45) is 6.87. The van der Waals surface area contributed by atoms with Gasteiger partial charge in [0.2, 0.25) is 0 Å². The van der Waals surface area contributed by atoms with Gasteiger partial charge in [0.25, 0.3) is 0 Å². The molecule has 0 aliphatic carbocycles. The maximum Gasteiger partial charge on any atom is 0.0599 e. The SMILES string of the molecule is CCCOC1CCN(C2CCN(I)CC2)CC1. The molecular weight excluding hydrogens is 327 g/mol. The second-order valence-corrected chi connectivity index (χ2v) is 6.61. The Bertz CT molecular complexity index is 211. The van der Waals surface area contributed by atoms with Crippen molar-refractivity contribution in [2.45, 2.75) is 51.2 Å². The molecule has 0 aromatic rings. The zero-order chi connectivity index (χ0) is 12.1. The fourth-order valence-corrected chi connectivity index (χ4v) is 3.45. The number of nitrogens with zero attached hydrogens (tertiary/aromatic N) is 2. The lowest BCUT2D eigenvalue weighted by Gasteiger charge is -2.40. The van der Waals surface area contributed by atoms with Gasteiger partial charge in [-0.2, -0.15) is 0 Å². The average molecular weight is 352 g/mol. The molecule has 2 aliphatic heterocycles. The lowest BCUT2D eigenvalue weighted by Crippen LogP contribution is -2.47. The van der Waals surface area contributed by atoms with E-state index in [1.165, 1.54) is 51.9 Å². The number of likely N-dealkylation sites (tertiary alicyclic amines) is 1. The zero-order valence-corrected chi connectivity index (χ0v) is 13.1. The number of piperidine rings is 2. The van der Waals surface area contributed by atoms with E-state index in [1.807, 2.05) is 0 Å². The van der Waals surface area contributed by atoms with Gasteiger partial charge in [0.1, 0.15) is 0 Å². The first-order chi connectivity index (χ1) is 8.29. The molecule has 0 atom stereocenters. The second-order valence-electron chi connectivity index (χ2n) is 5.25. The summed E-state index contributed by atoms with van der Waals surface area (Å²) in [7, 11) is 0. The summed E-state index contributed by atoms with van der Waals surface area (Å²) >= 11 is 2.45. The molecule has 2 rings (SSSR count). The molecule has 0 unspecified atom stereocenters. The highest BCUT2D eigenvalue weighted by atomic mass is 127. The minimum atomic E-state index is 0.538. The number of ether oxygens (including phenoxy) is 1. The number of hydrogen-bond donors (Lipinski definition) is 0. The van der Waals surface area contributed by atoms with E-state index in [-0.39, 0.29) is 0 Å². The molecule has 2 heterocycles. The standard InChI is InChI=1S/C13H25IN2O/c1-2-11-17-13-5-7-15(8-6-13)12-3-9-16(14)10-4-12/h12-13H,2-11H2,1H3. The van der Waals surface area contributed by atoms with Crippen LogP contribution in [0.25, 0.3) is 0 Å². The van der Waals surface area contributed by atoms with Crippen molar-refractivity contribution in [1.82, 2.24) is 8.01 Å². The Morgan fingerprint density at radius 3 is 2.29 bits per heavy atom. The Morgan fingerprint density at radius 1 is 1.06 bits per heavy atom. The molecule has 3 nitrogen and oxygen atoms in total. The third kappa shape index (κ3) is 4.33. The van der Waals surface area contributed by atoms with Crippen molar-refractivity contribution in [3.8, 4) is 0 Å². The first-order valence-corrected chi connectivity index (χ1v) is 8.02. The third-order valence-corrected chi connectivity index (χ3v) is 4.93. The van der Waals surface area contributed by atoms with Crippen LogP contribution in [-0.4, -0.2) is 52.9 Å². The number of halogens is 1. The molecule has 0 amide bonds. The summed E-state index contributed by atoms with van der Waals surface area (Å²) < 4.78 is 8.27. The van der Waals surface area contributed by atoms with E-state index >= 15 is 0 Å². The third-order valence-electron chi connectivity index (χ3n) is 3.96. The van der Waals surface area contributed by atoms with Gasteiger partial charge in [-0.05, 0) is 32.1 Å². The molecule has 2 aliphatic rings. The fraction of sp³-hybridized carbons (Fsp3) is 1.00. The molecule has 2 fully saturated rings. The van der Waals surface area contributed by atoms with Crippen LogP contribution in [0, 0.1) is 0 Å². The summed E-state index contributed by atoms with van der Waals surface area (Å²) in [4.78, 5) is 2.70. The minimum absolute atomic E-state index is 0.538. The van der Waals surface area contributed by atoms with E-state index < -0.39 is 0 Å². The highest BCUT2D eigenvalue weighted by molar-refractivity contribution is 14.1. The summed E-state index contributed by atoms with van der Waals surface area (Å²) in [5.74, 6) is 0. The molecule has 0 spiro atoms. The van der Waals surface area contributed by atoms with Gasteiger partial charge in [0.05, 0.1) is 6.10 Å². The Hall–Kier alpha value is 0.610. The van der Waals surface area contributed by atoms with E-state index in [0.717, 1.165) is 19.1 Å². The maximum atomic E-state index is 5.85. The van der Waals surface area contributed by atoms with Crippen molar-refractivity contribution in [2.75, 3.05) is 32.8 Å². The second kappa shape index (κ2) is 7.26. The largest absolute Gasteiger partial charge is 0.378 e. The van der Waals surface area contributed by atoms with Crippen LogP contribution in [0.15, 0.2) is 0 Å². The molecule has 0 bridgehead atoms. The Labute approximate surface area is 119 Å². The van der Waals surface area contributed by atoms with Crippen LogP contribution in [0.2, 0.25) is 0 Å². The summed E-state index contributed by atoms with van der Waals surface area (Å²) in [6.45, 7) is 8.15. The molecule has 0 saturated carbocycles. The molecule has 4 heteroatoms. The quantitative estimate of drug-likeness (QED) is 0.572. The lowest BCUT2D eigenvalue weighted by molar-refractivity contribution is -0.00613. The van der Waals surface area contributed by atoms with Gasteiger partial charge in [-0.25, -0.2) is 3.11 Å². The number of rotatable bonds is 4. The first-order valence-electron chi connectivity index (χ1n) is 7.06. The van der Waals surface area contributed by atoms with Crippen molar-refractivity contribution < 1.29 is 4.74 Å². The van der Waals surface area contributed by atoms with E-state index in [0.29, 0.717) is 6.10 Å². The molecule has 0 aromatic carbocycles. The maximum absolute atomic E-state index is 5.85. The van der Waals surface area contributed by atoms with Crippen molar-refractivity contribution in [1.29, 1.82) is 0 Å². The molecular formula is C13H25IN2O. The van der Waals surface area contributed by atoms with Crippen molar-refractivity contribution in [3.63, 3.8) is 0 Å². The predicted molar refractivity (Wildman–Crippen MR) is 79.5 cm³/mol. The molecule has 0 aromatic heterocycles. The first kappa shape index (κ1) is 14.0. The van der Waals surface area contributed by atoms with Gasteiger partial charge in [-0.1, -0.05) is 6.92 Å². The Morgan fingerprint density at radius 2 is 1.71 bits per heavy atom.